The van der Waals surface area contributed by atoms with Gasteiger partial charge in [0, 0.05) is 20.2 Å². The number of amides is 2. The maximum absolute atomic E-state index is 11.6. The molecule has 6 heteroatoms. The van der Waals surface area contributed by atoms with Gasteiger partial charge in [0.15, 0.2) is 6.04 Å². The summed E-state index contributed by atoms with van der Waals surface area (Å²) >= 11 is 0. The van der Waals surface area contributed by atoms with Crippen molar-refractivity contribution in [1.82, 2.24) is 10.2 Å². The molecule has 0 bridgehead atoms. The standard InChI is InChI=1S/C10H16N2O4/c1-16-7-8(9(13)14)11-10(15)12-5-3-2-4-6-12/h2-3,8H,4-7H2,1H3,(H,11,15)(H,13,14). The van der Waals surface area contributed by atoms with Crippen LogP contribution in [-0.2, 0) is 9.53 Å². The van der Waals surface area contributed by atoms with Gasteiger partial charge < -0.3 is 20.1 Å². The second kappa shape index (κ2) is 6.12. The zero-order valence-electron chi connectivity index (χ0n) is 9.18. The van der Waals surface area contributed by atoms with E-state index in [-0.39, 0.29) is 12.6 Å². The highest BCUT2D eigenvalue weighted by Crippen LogP contribution is 2.01. The predicted octanol–water partition coefficient (Wildman–Crippen LogP) is 0.0575. The highest BCUT2D eigenvalue weighted by Gasteiger charge is 2.22. The van der Waals surface area contributed by atoms with Gasteiger partial charge in [-0.3, -0.25) is 0 Å². The molecule has 0 aromatic rings. The molecule has 1 atom stereocenters. The summed E-state index contributed by atoms with van der Waals surface area (Å²) in [6.07, 6.45) is 4.68. The number of nitrogens with zero attached hydrogens (tertiary/aromatic N) is 1. The number of carbonyl (C=O) groups excluding carboxylic acids is 1. The summed E-state index contributed by atoms with van der Waals surface area (Å²) in [6.45, 7) is 1.09. The Morgan fingerprint density at radius 2 is 2.31 bits per heavy atom. The smallest absolute Gasteiger partial charge is 0.328 e. The van der Waals surface area contributed by atoms with Gasteiger partial charge in [-0.15, -0.1) is 0 Å². The first-order valence-electron chi connectivity index (χ1n) is 5.07. The van der Waals surface area contributed by atoms with Gasteiger partial charge >= 0.3 is 12.0 Å². The lowest BCUT2D eigenvalue weighted by Crippen LogP contribution is -2.50. The van der Waals surface area contributed by atoms with E-state index in [0.29, 0.717) is 13.1 Å². The van der Waals surface area contributed by atoms with Crippen molar-refractivity contribution in [3.63, 3.8) is 0 Å². The molecule has 0 saturated carbocycles. The number of urea groups is 1. The molecule has 6 nitrogen and oxygen atoms in total. The molecular formula is C10H16N2O4. The van der Waals surface area contributed by atoms with Crippen LogP contribution in [0.4, 0.5) is 4.79 Å². The summed E-state index contributed by atoms with van der Waals surface area (Å²) < 4.78 is 4.73. The van der Waals surface area contributed by atoms with E-state index >= 15 is 0 Å². The van der Waals surface area contributed by atoms with Crippen molar-refractivity contribution in [2.75, 3.05) is 26.8 Å². The fourth-order valence-corrected chi connectivity index (χ4v) is 1.41. The molecule has 1 aliphatic rings. The van der Waals surface area contributed by atoms with Gasteiger partial charge in [0.1, 0.15) is 0 Å². The van der Waals surface area contributed by atoms with Gasteiger partial charge in [-0.25, -0.2) is 9.59 Å². The lowest BCUT2D eigenvalue weighted by atomic mass is 10.2. The molecule has 0 fully saturated rings. The van der Waals surface area contributed by atoms with Crippen LogP contribution in [0.2, 0.25) is 0 Å². The number of carboxylic acids is 1. The molecule has 0 aromatic heterocycles. The third-order valence-electron chi connectivity index (χ3n) is 2.27. The maximum atomic E-state index is 11.6. The fourth-order valence-electron chi connectivity index (χ4n) is 1.41. The Balaban J connectivity index is 2.47. The number of ether oxygens (including phenoxy) is 1. The number of nitrogens with one attached hydrogen (secondary N) is 1. The number of carbonyl (C=O) groups is 2. The minimum absolute atomic E-state index is 0.0370. The van der Waals surface area contributed by atoms with Crippen molar-refractivity contribution in [3.05, 3.63) is 12.2 Å². The van der Waals surface area contributed by atoms with Crippen LogP contribution in [-0.4, -0.2) is 54.9 Å². The lowest BCUT2D eigenvalue weighted by Gasteiger charge is -2.25. The summed E-state index contributed by atoms with van der Waals surface area (Å²) in [6, 6.07) is -1.36. The molecule has 1 unspecified atom stereocenters. The van der Waals surface area contributed by atoms with Crippen LogP contribution < -0.4 is 5.32 Å². The average Bonchev–Trinajstić information content (AvgIpc) is 2.29. The second-order valence-electron chi connectivity index (χ2n) is 3.50. The number of methoxy groups -OCH3 is 1. The number of rotatable bonds is 4. The topological polar surface area (TPSA) is 78.9 Å². The number of hydrogen-bond donors (Lipinski definition) is 2. The quantitative estimate of drug-likeness (QED) is 0.667. The van der Waals surface area contributed by atoms with Crippen molar-refractivity contribution < 1.29 is 19.4 Å². The largest absolute Gasteiger partial charge is 0.480 e. The molecule has 0 aliphatic carbocycles. The van der Waals surface area contributed by atoms with E-state index in [0.717, 1.165) is 6.42 Å². The molecule has 0 radical (unpaired) electrons. The highest BCUT2D eigenvalue weighted by molar-refractivity contribution is 5.82. The van der Waals surface area contributed by atoms with E-state index in [1.165, 1.54) is 7.11 Å². The minimum atomic E-state index is -1.09. The van der Waals surface area contributed by atoms with Gasteiger partial charge in [-0.05, 0) is 6.42 Å². The van der Waals surface area contributed by atoms with Crippen LogP contribution >= 0.6 is 0 Å². The van der Waals surface area contributed by atoms with E-state index in [9.17, 15) is 9.59 Å². The highest BCUT2D eigenvalue weighted by atomic mass is 16.5. The Bertz CT molecular complexity index is 291. The normalized spacial score (nSPS) is 16.9. The first kappa shape index (κ1) is 12.5. The molecule has 2 N–H and O–H groups in total. The molecular weight excluding hydrogens is 212 g/mol. The molecule has 1 heterocycles. The van der Waals surface area contributed by atoms with Crippen LogP contribution in [0.3, 0.4) is 0 Å². The molecule has 90 valence electrons. The first-order chi connectivity index (χ1) is 7.65. The lowest BCUT2D eigenvalue weighted by molar-refractivity contribution is -0.140. The second-order valence-corrected chi connectivity index (χ2v) is 3.50. The monoisotopic (exact) mass is 228 g/mol. The van der Waals surface area contributed by atoms with Crippen LogP contribution in [0.5, 0.6) is 0 Å². The third-order valence-corrected chi connectivity index (χ3v) is 2.27. The molecule has 16 heavy (non-hydrogen) atoms. The molecule has 0 spiro atoms. The first-order valence-corrected chi connectivity index (χ1v) is 5.07. The summed E-state index contributed by atoms with van der Waals surface area (Å²) in [5.41, 5.74) is 0. The Labute approximate surface area is 93.9 Å². The van der Waals surface area contributed by atoms with E-state index in [4.69, 9.17) is 9.84 Å². The van der Waals surface area contributed by atoms with Gasteiger partial charge in [0.05, 0.1) is 6.61 Å². The summed E-state index contributed by atoms with van der Waals surface area (Å²) in [4.78, 5) is 24.0. The third kappa shape index (κ3) is 3.54. The molecule has 1 rings (SSSR count). The van der Waals surface area contributed by atoms with Crippen molar-refractivity contribution in [3.8, 4) is 0 Å². The van der Waals surface area contributed by atoms with E-state index < -0.39 is 12.0 Å². The summed E-state index contributed by atoms with van der Waals surface area (Å²) in [7, 11) is 1.39. The average molecular weight is 228 g/mol. The molecule has 1 aliphatic heterocycles. The van der Waals surface area contributed by atoms with Gasteiger partial charge in [0.2, 0.25) is 0 Å². The minimum Gasteiger partial charge on any atom is -0.480 e. The maximum Gasteiger partial charge on any atom is 0.328 e. The Kier molecular flexibility index (Phi) is 4.78. The molecule has 2 amide bonds. The van der Waals surface area contributed by atoms with E-state index in [2.05, 4.69) is 5.32 Å². The SMILES string of the molecule is COCC(NC(=O)N1CC=CCC1)C(=O)O. The predicted molar refractivity (Wildman–Crippen MR) is 57.2 cm³/mol. The van der Waals surface area contributed by atoms with E-state index in [1.807, 2.05) is 12.2 Å². The molecule has 0 aromatic carbocycles. The zero-order chi connectivity index (χ0) is 12.0. The van der Waals surface area contributed by atoms with E-state index in [1.54, 1.807) is 4.90 Å². The Morgan fingerprint density at radius 3 is 2.81 bits per heavy atom. The number of hydrogen-bond acceptors (Lipinski definition) is 3. The Morgan fingerprint density at radius 1 is 1.56 bits per heavy atom. The summed E-state index contributed by atoms with van der Waals surface area (Å²) in [5, 5.41) is 11.2. The van der Waals surface area contributed by atoms with Crippen molar-refractivity contribution >= 4 is 12.0 Å². The zero-order valence-corrected chi connectivity index (χ0v) is 9.18. The number of carboxylic acid groups (broad SMARTS) is 1. The summed E-state index contributed by atoms with van der Waals surface area (Å²) in [5.74, 6) is -1.09. The number of aliphatic carboxylic acids is 1. The van der Waals surface area contributed by atoms with Crippen LogP contribution in [0.1, 0.15) is 6.42 Å². The van der Waals surface area contributed by atoms with Gasteiger partial charge in [-0.1, -0.05) is 12.2 Å². The van der Waals surface area contributed by atoms with Crippen LogP contribution in [0.25, 0.3) is 0 Å². The van der Waals surface area contributed by atoms with Crippen LogP contribution in [0, 0.1) is 0 Å². The van der Waals surface area contributed by atoms with Crippen molar-refractivity contribution in [1.29, 1.82) is 0 Å². The molecule has 0 saturated heterocycles. The Hall–Kier alpha value is -1.56. The fraction of sp³-hybridized carbons (Fsp3) is 0.600. The van der Waals surface area contributed by atoms with Crippen molar-refractivity contribution in [2.24, 2.45) is 0 Å². The van der Waals surface area contributed by atoms with Crippen molar-refractivity contribution in [2.45, 2.75) is 12.5 Å². The van der Waals surface area contributed by atoms with Crippen LogP contribution in [0.15, 0.2) is 12.2 Å². The van der Waals surface area contributed by atoms with Gasteiger partial charge in [0.25, 0.3) is 0 Å². The van der Waals surface area contributed by atoms with Gasteiger partial charge in [-0.2, -0.15) is 0 Å².